The molecule has 168 valence electrons. The Morgan fingerprint density at radius 1 is 1.09 bits per heavy atom. The van der Waals surface area contributed by atoms with Crippen LogP contribution in [0.5, 0.6) is 5.75 Å². The average molecular weight is 437 g/mol. The van der Waals surface area contributed by atoms with E-state index in [0.29, 0.717) is 31.8 Å². The molecule has 0 unspecified atom stereocenters. The molecule has 2 amide bonds. The van der Waals surface area contributed by atoms with Crippen LogP contribution in [-0.2, 0) is 16.1 Å². The number of amides is 2. The molecule has 0 radical (unpaired) electrons. The third kappa shape index (κ3) is 7.42. The van der Waals surface area contributed by atoms with Crippen molar-refractivity contribution in [2.75, 3.05) is 37.4 Å². The summed E-state index contributed by atoms with van der Waals surface area (Å²) in [4.78, 5) is 30.1. The van der Waals surface area contributed by atoms with Gasteiger partial charge in [0.2, 0.25) is 11.8 Å². The molecule has 0 fully saturated rings. The molecule has 32 heavy (non-hydrogen) atoms. The third-order valence-corrected chi connectivity index (χ3v) is 4.72. The maximum absolute atomic E-state index is 12.4. The Labute approximate surface area is 187 Å². The highest BCUT2D eigenvalue weighted by Crippen LogP contribution is 2.11. The molecule has 2 aromatic heterocycles. The summed E-state index contributed by atoms with van der Waals surface area (Å²) in [5.74, 6) is 0.544. The first-order valence-corrected chi connectivity index (χ1v) is 10.4. The lowest BCUT2D eigenvalue weighted by molar-refractivity contribution is -0.131. The summed E-state index contributed by atoms with van der Waals surface area (Å²) in [6.45, 7) is 3.46. The summed E-state index contributed by atoms with van der Waals surface area (Å²) >= 11 is 0. The van der Waals surface area contributed by atoms with Crippen LogP contribution in [0.15, 0.2) is 61.2 Å². The summed E-state index contributed by atoms with van der Waals surface area (Å²) in [5.41, 5.74) is 2.63. The maximum atomic E-state index is 12.4. The van der Waals surface area contributed by atoms with Crippen LogP contribution in [0.2, 0.25) is 0 Å². The van der Waals surface area contributed by atoms with Crippen molar-refractivity contribution >= 4 is 23.2 Å². The molecule has 3 aromatic rings. The number of aryl methyl sites for hydroxylation is 1. The van der Waals surface area contributed by atoms with Gasteiger partial charge in [-0.25, -0.2) is 0 Å². The summed E-state index contributed by atoms with van der Waals surface area (Å²) in [6.07, 6.45) is 6.85. The number of benzene rings is 1. The second kappa shape index (κ2) is 11.5. The van der Waals surface area contributed by atoms with E-state index in [1.165, 1.54) is 16.4 Å². The monoisotopic (exact) mass is 436 g/mol. The minimum absolute atomic E-state index is 0.0838. The van der Waals surface area contributed by atoms with Gasteiger partial charge in [0.25, 0.3) is 0 Å². The van der Waals surface area contributed by atoms with Crippen LogP contribution in [0.25, 0.3) is 0 Å². The topological polar surface area (TPSA) is 101 Å². The minimum atomic E-state index is -0.136. The van der Waals surface area contributed by atoms with E-state index in [4.69, 9.17) is 4.74 Å². The molecule has 0 aliphatic rings. The van der Waals surface area contributed by atoms with E-state index in [2.05, 4.69) is 20.7 Å². The fourth-order valence-corrected chi connectivity index (χ4v) is 2.85. The van der Waals surface area contributed by atoms with Gasteiger partial charge in [-0.1, -0.05) is 17.7 Å². The molecule has 9 nitrogen and oxygen atoms in total. The second-order valence-electron chi connectivity index (χ2n) is 7.36. The lowest BCUT2D eigenvalue weighted by atomic mass is 10.2. The summed E-state index contributed by atoms with van der Waals surface area (Å²) in [5, 5.41) is 10.1. The zero-order valence-corrected chi connectivity index (χ0v) is 18.3. The average Bonchev–Trinajstić information content (AvgIpc) is 3.22. The number of nitrogens with zero attached hydrogens (tertiary/aromatic N) is 4. The predicted octanol–water partition coefficient (Wildman–Crippen LogP) is 2.56. The molecule has 0 aliphatic heterocycles. The molecular weight excluding hydrogens is 408 g/mol. The number of hydrogen-bond acceptors (Lipinski definition) is 6. The SMILES string of the molecule is Cc1ccc(OCCN(C)C(=O)Cn2cc(NC(=O)CCNc3ccncc3)cn2)cc1. The molecule has 2 N–H and O–H groups in total. The zero-order valence-electron chi connectivity index (χ0n) is 18.3. The van der Waals surface area contributed by atoms with Crippen molar-refractivity contribution in [3.05, 3.63) is 66.7 Å². The van der Waals surface area contributed by atoms with Crippen molar-refractivity contribution in [2.45, 2.75) is 19.9 Å². The Balaban J connectivity index is 1.36. The van der Waals surface area contributed by atoms with Crippen LogP contribution in [0.3, 0.4) is 0 Å². The molecular formula is C23H28N6O3. The zero-order chi connectivity index (χ0) is 22.8. The Hall–Kier alpha value is -3.88. The number of rotatable bonds is 11. The van der Waals surface area contributed by atoms with Gasteiger partial charge in [0.15, 0.2) is 0 Å². The van der Waals surface area contributed by atoms with Crippen LogP contribution in [0.4, 0.5) is 11.4 Å². The normalized spacial score (nSPS) is 10.4. The van der Waals surface area contributed by atoms with Gasteiger partial charge in [-0.2, -0.15) is 5.10 Å². The van der Waals surface area contributed by atoms with Crippen LogP contribution >= 0.6 is 0 Å². The molecule has 1 aromatic carbocycles. The standard InChI is InChI=1S/C23H28N6O3/c1-18-3-5-21(6-4-18)32-14-13-28(2)23(31)17-29-16-20(15-26-29)27-22(30)9-12-25-19-7-10-24-11-8-19/h3-8,10-11,15-16H,9,12-14,17H2,1-2H3,(H,24,25)(H,27,30). The van der Waals surface area contributed by atoms with Gasteiger partial charge in [0, 0.05) is 44.3 Å². The van der Waals surface area contributed by atoms with Gasteiger partial charge >= 0.3 is 0 Å². The number of aromatic nitrogens is 3. The highest BCUT2D eigenvalue weighted by atomic mass is 16.5. The summed E-state index contributed by atoms with van der Waals surface area (Å²) in [6, 6.07) is 11.5. The van der Waals surface area contributed by atoms with Crippen molar-refractivity contribution < 1.29 is 14.3 Å². The Bertz CT molecular complexity index is 1000. The first-order chi connectivity index (χ1) is 15.5. The van der Waals surface area contributed by atoms with E-state index >= 15 is 0 Å². The molecule has 0 bridgehead atoms. The maximum Gasteiger partial charge on any atom is 0.244 e. The number of carbonyl (C=O) groups is 2. The van der Waals surface area contributed by atoms with Gasteiger partial charge in [-0.15, -0.1) is 0 Å². The molecule has 0 spiro atoms. The Morgan fingerprint density at radius 2 is 1.84 bits per heavy atom. The molecule has 0 aliphatic carbocycles. The van der Waals surface area contributed by atoms with Crippen molar-refractivity contribution in [3.8, 4) is 5.75 Å². The Morgan fingerprint density at radius 3 is 2.59 bits per heavy atom. The lowest BCUT2D eigenvalue weighted by Crippen LogP contribution is -2.33. The van der Waals surface area contributed by atoms with Gasteiger partial charge in [0.1, 0.15) is 18.9 Å². The van der Waals surface area contributed by atoms with E-state index in [1.807, 2.05) is 43.3 Å². The third-order valence-electron chi connectivity index (χ3n) is 4.72. The predicted molar refractivity (Wildman–Crippen MR) is 123 cm³/mol. The second-order valence-corrected chi connectivity index (χ2v) is 7.36. The fraction of sp³-hybridized carbons (Fsp3) is 0.304. The van der Waals surface area contributed by atoms with Crippen molar-refractivity contribution in [2.24, 2.45) is 0 Å². The van der Waals surface area contributed by atoms with E-state index < -0.39 is 0 Å². The van der Waals surface area contributed by atoms with Crippen molar-refractivity contribution in [1.29, 1.82) is 0 Å². The van der Waals surface area contributed by atoms with Gasteiger partial charge in [-0.3, -0.25) is 19.3 Å². The number of anilines is 2. The highest BCUT2D eigenvalue weighted by molar-refractivity contribution is 5.90. The van der Waals surface area contributed by atoms with Crippen LogP contribution in [-0.4, -0.2) is 58.2 Å². The summed E-state index contributed by atoms with van der Waals surface area (Å²) < 4.78 is 7.17. The van der Waals surface area contributed by atoms with Crippen LogP contribution < -0.4 is 15.4 Å². The fourth-order valence-electron chi connectivity index (χ4n) is 2.85. The Kier molecular flexibility index (Phi) is 8.19. The van der Waals surface area contributed by atoms with E-state index in [-0.39, 0.29) is 18.4 Å². The number of pyridine rings is 1. The molecule has 9 heteroatoms. The molecule has 0 saturated carbocycles. The van der Waals surface area contributed by atoms with Gasteiger partial charge in [-0.05, 0) is 31.2 Å². The molecule has 0 atom stereocenters. The number of carbonyl (C=O) groups excluding carboxylic acids is 2. The summed E-state index contributed by atoms with van der Waals surface area (Å²) in [7, 11) is 1.73. The largest absolute Gasteiger partial charge is 0.492 e. The number of ether oxygens (including phenoxy) is 1. The van der Waals surface area contributed by atoms with E-state index in [9.17, 15) is 9.59 Å². The van der Waals surface area contributed by atoms with E-state index in [1.54, 1.807) is 30.5 Å². The first-order valence-electron chi connectivity index (χ1n) is 10.4. The molecule has 0 saturated heterocycles. The van der Waals surface area contributed by atoms with Crippen LogP contribution in [0, 0.1) is 6.92 Å². The molecule has 2 heterocycles. The van der Waals surface area contributed by atoms with Crippen LogP contribution in [0.1, 0.15) is 12.0 Å². The quantitative estimate of drug-likeness (QED) is 0.479. The smallest absolute Gasteiger partial charge is 0.244 e. The first kappa shape index (κ1) is 22.8. The van der Waals surface area contributed by atoms with Gasteiger partial charge in [0.05, 0.1) is 18.4 Å². The number of likely N-dealkylation sites (N-methyl/N-ethyl adjacent to an activating group) is 1. The minimum Gasteiger partial charge on any atom is -0.492 e. The van der Waals surface area contributed by atoms with Crippen molar-refractivity contribution in [1.82, 2.24) is 19.7 Å². The molecule has 3 rings (SSSR count). The lowest BCUT2D eigenvalue weighted by Gasteiger charge is -2.17. The number of nitrogens with one attached hydrogen (secondary N) is 2. The highest BCUT2D eigenvalue weighted by Gasteiger charge is 2.11. The van der Waals surface area contributed by atoms with Crippen molar-refractivity contribution in [3.63, 3.8) is 0 Å². The van der Waals surface area contributed by atoms with E-state index in [0.717, 1.165) is 11.4 Å². The number of hydrogen-bond donors (Lipinski definition) is 2. The van der Waals surface area contributed by atoms with Gasteiger partial charge < -0.3 is 20.3 Å².